The summed E-state index contributed by atoms with van der Waals surface area (Å²) in [6, 6.07) is 6.08. The molecular weight excluding hydrogens is 328 g/mol. The average molecular weight is 350 g/mol. The van der Waals surface area contributed by atoms with Crippen LogP contribution in [-0.4, -0.2) is 16.5 Å². The fourth-order valence-corrected chi connectivity index (χ4v) is 5.27. The Morgan fingerprint density at radius 2 is 2.12 bits per heavy atom. The molecule has 0 aromatic heterocycles. The molecule has 0 saturated heterocycles. The van der Waals surface area contributed by atoms with E-state index in [2.05, 4.69) is 28.4 Å². The van der Waals surface area contributed by atoms with Gasteiger partial charge >= 0.3 is 0 Å². The summed E-state index contributed by atoms with van der Waals surface area (Å²) < 4.78 is 9.55. The molecule has 2 saturated carbocycles. The Bertz CT molecular complexity index is 661. The van der Waals surface area contributed by atoms with Crippen molar-refractivity contribution >= 4 is 12.3 Å². The molecule has 3 aliphatic rings. The minimum Gasteiger partial charge on any atom is -0.399 e. The van der Waals surface area contributed by atoms with E-state index in [4.69, 9.17) is 9.44 Å². The predicted octanol–water partition coefficient (Wildman–Crippen LogP) is 4.19. The molecule has 6 heteroatoms. The second-order valence-electron chi connectivity index (χ2n) is 7.31. The topological polar surface area (TPSA) is 68.2 Å². The van der Waals surface area contributed by atoms with Crippen molar-refractivity contribution in [2.24, 2.45) is 11.3 Å². The minimum absolute atomic E-state index is 0.0567. The third-order valence-corrected chi connectivity index (χ3v) is 6.68. The van der Waals surface area contributed by atoms with Gasteiger partial charge in [-0.05, 0) is 61.3 Å². The fraction of sp³-hybridized carbons (Fsp3) is 0.556. The van der Waals surface area contributed by atoms with Crippen LogP contribution in [-0.2, 0) is 15.8 Å². The Kier molecular flexibility index (Phi) is 4.34. The molecule has 2 unspecified atom stereocenters. The van der Waals surface area contributed by atoms with Crippen LogP contribution >= 0.6 is 12.3 Å². The summed E-state index contributed by atoms with van der Waals surface area (Å²) in [6.45, 7) is 2.26. The smallest absolute Gasteiger partial charge is 0.261 e. The second kappa shape index (κ2) is 6.35. The molecule has 0 aliphatic heterocycles. The summed E-state index contributed by atoms with van der Waals surface area (Å²) in [5.41, 5.74) is 4.25. The SMILES string of the molecule is C[C@]12CCC3C(=CCc4cc(OSOOO)ccc43)C1CC[C@@H]2O. The van der Waals surface area contributed by atoms with Crippen molar-refractivity contribution in [1.82, 2.24) is 0 Å². The van der Waals surface area contributed by atoms with Crippen molar-refractivity contribution in [3.05, 3.63) is 41.0 Å². The van der Waals surface area contributed by atoms with Gasteiger partial charge in [0.25, 0.3) is 12.3 Å². The molecule has 24 heavy (non-hydrogen) atoms. The zero-order valence-electron chi connectivity index (χ0n) is 13.6. The van der Waals surface area contributed by atoms with Crippen molar-refractivity contribution in [1.29, 1.82) is 0 Å². The first-order valence-corrected chi connectivity index (χ1v) is 9.12. The van der Waals surface area contributed by atoms with Gasteiger partial charge in [-0.25, -0.2) is 5.26 Å². The molecule has 1 aromatic rings. The molecule has 4 atom stereocenters. The first-order valence-electron chi connectivity index (χ1n) is 8.46. The number of hydrogen-bond donors (Lipinski definition) is 2. The zero-order chi connectivity index (χ0) is 16.7. The highest BCUT2D eigenvalue weighted by atomic mass is 32.2. The van der Waals surface area contributed by atoms with Gasteiger partial charge in [0.1, 0.15) is 5.75 Å². The fourth-order valence-electron chi connectivity index (χ4n) is 5.03. The van der Waals surface area contributed by atoms with E-state index < -0.39 is 0 Å². The van der Waals surface area contributed by atoms with Crippen LogP contribution in [0.25, 0.3) is 0 Å². The molecule has 0 radical (unpaired) electrons. The van der Waals surface area contributed by atoms with Crippen molar-refractivity contribution in [3.8, 4) is 5.75 Å². The molecule has 2 N–H and O–H groups in total. The van der Waals surface area contributed by atoms with Crippen molar-refractivity contribution in [2.45, 2.75) is 51.0 Å². The summed E-state index contributed by atoms with van der Waals surface area (Å²) in [5, 5.41) is 22.1. The average Bonchev–Trinajstić information content (AvgIpc) is 2.90. The third kappa shape index (κ3) is 2.57. The van der Waals surface area contributed by atoms with Crippen LogP contribution in [0.5, 0.6) is 5.75 Å². The standard InChI is InChI=1S/C18H22O5S/c1-18-9-8-14-13-5-3-12(21-24-23-22-20)10-11(13)2-4-15(14)16(18)6-7-17(18)19/h3-5,10,14,16-17,19-20H,2,6-9H2,1H3/t14?,16?,17-,18-/m0/s1. The molecule has 0 spiro atoms. The van der Waals surface area contributed by atoms with Gasteiger partial charge in [-0.3, -0.25) is 0 Å². The molecule has 0 bridgehead atoms. The highest BCUT2D eigenvalue weighted by molar-refractivity contribution is 7.90. The Morgan fingerprint density at radius 3 is 2.96 bits per heavy atom. The van der Waals surface area contributed by atoms with Crippen LogP contribution in [0.15, 0.2) is 29.8 Å². The second-order valence-corrected chi connectivity index (χ2v) is 7.74. The van der Waals surface area contributed by atoms with Gasteiger partial charge in [0, 0.05) is 11.3 Å². The highest BCUT2D eigenvalue weighted by Crippen LogP contribution is 2.59. The van der Waals surface area contributed by atoms with E-state index in [0.29, 0.717) is 29.9 Å². The monoisotopic (exact) mass is 350 g/mol. The number of allylic oxidation sites excluding steroid dienone is 2. The maximum absolute atomic E-state index is 10.4. The van der Waals surface area contributed by atoms with Crippen LogP contribution < -0.4 is 4.18 Å². The van der Waals surface area contributed by atoms with Gasteiger partial charge in [0.15, 0.2) is 0 Å². The highest BCUT2D eigenvalue weighted by Gasteiger charge is 2.51. The first-order chi connectivity index (χ1) is 11.6. The third-order valence-electron chi connectivity index (χ3n) is 6.30. The lowest BCUT2D eigenvalue weighted by molar-refractivity contribution is -0.433. The van der Waals surface area contributed by atoms with E-state index in [1.165, 1.54) is 16.7 Å². The summed E-state index contributed by atoms with van der Waals surface area (Å²) in [6.07, 6.45) is 7.31. The maximum atomic E-state index is 10.4. The maximum Gasteiger partial charge on any atom is 0.261 e. The van der Waals surface area contributed by atoms with Crippen molar-refractivity contribution < 1.29 is 23.9 Å². The Morgan fingerprint density at radius 1 is 1.25 bits per heavy atom. The summed E-state index contributed by atoms with van der Waals surface area (Å²) in [5.74, 6) is 1.65. The number of rotatable bonds is 4. The van der Waals surface area contributed by atoms with Gasteiger partial charge in [0.2, 0.25) is 0 Å². The Labute approximate surface area is 145 Å². The number of fused-ring (bicyclic) bond motifs is 5. The van der Waals surface area contributed by atoms with Crippen molar-refractivity contribution in [3.63, 3.8) is 0 Å². The number of aliphatic hydroxyl groups excluding tert-OH is 1. The van der Waals surface area contributed by atoms with E-state index in [0.717, 1.165) is 32.1 Å². The van der Waals surface area contributed by atoms with E-state index in [-0.39, 0.29) is 11.5 Å². The molecule has 0 amide bonds. The van der Waals surface area contributed by atoms with Crippen LogP contribution in [0.2, 0.25) is 0 Å². The van der Waals surface area contributed by atoms with Crippen LogP contribution in [0.1, 0.15) is 49.7 Å². The zero-order valence-corrected chi connectivity index (χ0v) is 14.4. The van der Waals surface area contributed by atoms with E-state index in [1.807, 2.05) is 12.1 Å². The largest absolute Gasteiger partial charge is 0.399 e. The quantitative estimate of drug-likeness (QED) is 0.279. The van der Waals surface area contributed by atoms with Crippen LogP contribution in [0.3, 0.4) is 0 Å². The van der Waals surface area contributed by atoms with E-state index >= 15 is 0 Å². The lowest BCUT2D eigenvalue weighted by atomic mass is 9.59. The van der Waals surface area contributed by atoms with Gasteiger partial charge in [-0.15, -0.1) is 0 Å². The van der Waals surface area contributed by atoms with E-state index in [9.17, 15) is 5.11 Å². The molecule has 0 heterocycles. The molecule has 2 fully saturated rings. The first kappa shape index (κ1) is 16.4. The minimum atomic E-state index is -0.160. The van der Waals surface area contributed by atoms with Gasteiger partial charge in [-0.2, -0.15) is 0 Å². The van der Waals surface area contributed by atoms with Crippen LogP contribution in [0, 0.1) is 11.3 Å². The number of hydrogen-bond acceptors (Lipinski definition) is 6. The number of benzene rings is 1. The Balaban J connectivity index is 1.57. The van der Waals surface area contributed by atoms with Crippen molar-refractivity contribution in [2.75, 3.05) is 0 Å². The molecule has 1 aromatic carbocycles. The summed E-state index contributed by atoms with van der Waals surface area (Å²) >= 11 is 0.577. The molecule has 130 valence electrons. The number of aliphatic hydroxyl groups is 1. The molecular formula is C18H22O5S. The summed E-state index contributed by atoms with van der Waals surface area (Å²) in [4.78, 5) is 0. The van der Waals surface area contributed by atoms with E-state index in [1.54, 1.807) is 0 Å². The lowest BCUT2D eigenvalue weighted by Crippen LogP contribution is -2.39. The van der Waals surface area contributed by atoms with Crippen LogP contribution in [0.4, 0.5) is 0 Å². The Hall–Kier alpha value is -1.05. The van der Waals surface area contributed by atoms with Gasteiger partial charge in [-0.1, -0.05) is 34.0 Å². The van der Waals surface area contributed by atoms with Gasteiger partial charge < -0.3 is 9.29 Å². The molecule has 5 nitrogen and oxygen atoms in total. The normalized spacial score (nSPS) is 34.1. The molecule has 4 rings (SSSR count). The van der Waals surface area contributed by atoms with Gasteiger partial charge in [0.05, 0.1) is 6.10 Å². The lowest BCUT2D eigenvalue weighted by Gasteiger charge is -2.46. The predicted molar refractivity (Wildman–Crippen MR) is 90.1 cm³/mol. The molecule has 3 aliphatic carbocycles. The summed E-state index contributed by atoms with van der Waals surface area (Å²) in [7, 11) is 0.